The van der Waals surface area contributed by atoms with Crippen LogP contribution in [0.2, 0.25) is 5.02 Å². The van der Waals surface area contributed by atoms with Gasteiger partial charge in [0.2, 0.25) is 0 Å². The maximum absolute atomic E-state index is 13.1. The minimum atomic E-state index is -4.67. The molecule has 0 aliphatic carbocycles. The molecule has 0 aliphatic rings. The number of carbonyl (C=O) groups excluding carboxylic acids is 3. The molecule has 222 valence electrons. The largest absolute Gasteiger partial charge is 0.457 e. The summed E-state index contributed by atoms with van der Waals surface area (Å²) in [5, 5.41) is 6.20. The number of fused-ring (bicyclic) bond motifs is 1. The van der Waals surface area contributed by atoms with Crippen molar-refractivity contribution < 1.29 is 32.3 Å². The molecule has 0 saturated carbocycles. The van der Waals surface area contributed by atoms with Gasteiger partial charge in [-0.25, -0.2) is 4.79 Å². The number of urea groups is 1. The van der Waals surface area contributed by atoms with E-state index in [0.717, 1.165) is 22.9 Å². The number of pyridine rings is 1. The van der Waals surface area contributed by atoms with Crippen LogP contribution in [0.3, 0.4) is 0 Å². The average molecular weight is 620 g/mol. The molecule has 1 aromatic heterocycles. The van der Waals surface area contributed by atoms with Gasteiger partial charge in [0.15, 0.2) is 0 Å². The Hall–Kier alpha value is -5.62. The van der Waals surface area contributed by atoms with Crippen molar-refractivity contribution in [3.8, 4) is 11.5 Å². The van der Waals surface area contributed by atoms with E-state index in [4.69, 9.17) is 16.3 Å². The van der Waals surface area contributed by atoms with Crippen LogP contribution in [-0.2, 0) is 6.18 Å². The molecule has 1 heterocycles. The van der Waals surface area contributed by atoms with Crippen LogP contribution in [0.4, 0.5) is 29.3 Å². The highest BCUT2D eigenvalue weighted by atomic mass is 35.5. The molecule has 4 N–H and O–H groups in total. The van der Waals surface area contributed by atoms with E-state index in [1.165, 1.54) is 48.7 Å². The number of hydrazine groups is 1. The molecule has 44 heavy (non-hydrogen) atoms. The topological polar surface area (TPSA) is 121 Å². The van der Waals surface area contributed by atoms with Gasteiger partial charge in [-0.05, 0) is 71.4 Å². The van der Waals surface area contributed by atoms with Crippen molar-refractivity contribution in [3.05, 3.63) is 125 Å². The third kappa shape index (κ3) is 7.41. The van der Waals surface area contributed by atoms with E-state index in [-0.39, 0.29) is 17.1 Å². The molecule has 5 aromatic rings. The zero-order chi connectivity index (χ0) is 31.3. The standard InChI is InChI=1S/C31H21ClF3N5O4/c32-26-12-9-22(16-25(26)31(33,34)35)38-30(43)37-21-7-10-23(11-8-21)44-24-13-14-36-27(17-24)29(42)40-39-28(41)20-6-5-18-3-1-2-4-19(18)15-20/h1-17H,(H,39,41)(H,40,42)(H2,37,38,43). The summed E-state index contributed by atoms with van der Waals surface area (Å²) >= 11 is 5.61. The van der Waals surface area contributed by atoms with E-state index in [9.17, 15) is 27.6 Å². The molecule has 13 heteroatoms. The van der Waals surface area contributed by atoms with E-state index in [2.05, 4.69) is 26.5 Å². The number of anilines is 2. The Morgan fingerprint density at radius 3 is 2.14 bits per heavy atom. The van der Waals surface area contributed by atoms with Gasteiger partial charge in [0, 0.05) is 29.2 Å². The second kappa shape index (κ2) is 12.7. The Bertz CT molecular complexity index is 1870. The molecule has 0 atom stereocenters. The number of nitrogens with one attached hydrogen (secondary N) is 4. The third-order valence-electron chi connectivity index (χ3n) is 6.14. The van der Waals surface area contributed by atoms with Crippen molar-refractivity contribution in [2.24, 2.45) is 0 Å². The number of hydrogen-bond donors (Lipinski definition) is 4. The van der Waals surface area contributed by atoms with Gasteiger partial charge < -0.3 is 15.4 Å². The van der Waals surface area contributed by atoms with Crippen LogP contribution in [0.5, 0.6) is 11.5 Å². The molecule has 0 saturated heterocycles. The number of aromatic nitrogens is 1. The molecule has 4 amide bonds. The summed E-state index contributed by atoms with van der Waals surface area (Å²) in [7, 11) is 0. The normalized spacial score (nSPS) is 11.0. The first-order valence-electron chi connectivity index (χ1n) is 12.8. The Kier molecular flexibility index (Phi) is 8.63. The first kappa shape index (κ1) is 29.9. The lowest BCUT2D eigenvalue weighted by Crippen LogP contribution is -2.41. The maximum Gasteiger partial charge on any atom is 0.417 e. The Morgan fingerprint density at radius 1 is 0.705 bits per heavy atom. The van der Waals surface area contributed by atoms with Gasteiger partial charge >= 0.3 is 12.2 Å². The summed E-state index contributed by atoms with van der Waals surface area (Å²) in [6.45, 7) is 0. The molecule has 4 aromatic carbocycles. The number of benzene rings is 4. The van der Waals surface area contributed by atoms with E-state index in [1.807, 2.05) is 30.3 Å². The summed E-state index contributed by atoms with van der Waals surface area (Å²) < 4.78 is 45.0. The minimum absolute atomic E-state index is 0.0212. The lowest BCUT2D eigenvalue weighted by atomic mass is 10.1. The quantitative estimate of drug-likeness (QED) is 0.147. The first-order chi connectivity index (χ1) is 21.0. The summed E-state index contributed by atoms with van der Waals surface area (Å²) in [5.74, 6) is -0.547. The van der Waals surface area contributed by atoms with E-state index in [0.29, 0.717) is 17.0 Å². The number of hydrogen-bond acceptors (Lipinski definition) is 5. The van der Waals surface area contributed by atoms with Gasteiger partial charge in [-0.1, -0.05) is 41.9 Å². The van der Waals surface area contributed by atoms with Crippen LogP contribution in [0.15, 0.2) is 103 Å². The summed E-state index contributed by atoms with van der Waals surface area (Å²) in [5.41, 5.74) is 4.21. The van der Waals surface area contributed by atoms with Crippen LogP contribution in [0, 0.1) is 0 Å². The summed E-state index contributed by atoms with van der Waals surface area (Å²) in [6.07, 6.45) is -3.31. The molecular formula is C31H21ClF3N5O4. The van der Waals surface area contributed by atoms with Crippen molar-refractivity contribution in [3.63, 3.8) is 0 Å². The fourth-order valence-electron chi connectivity index (χ4n) is 4.04. The molecule has 0 bridgehead atoms. The number of ether oxygens (including phenoxy) is 1. The molecule has 0 radical (unpaired) electrons. The van der Waals surface area contributed by atoms with Crippen molar-refractivity contribution in [1.29, 1.82) is 0 Å². The number of nitrogens with zero attached hydrogens (tertiary/aromatic N) is 1. The van der Waals surface area contributed by atoms with Crippen LogP contribution >= 0.6 is 11.6 Å². The molecule has 5 rings (SSSR count). The average Bonchev–Trinajstić information content (AvgIpc) is 3.01. The lowest BCUT2D eigenvalue weighted by molar-refractivity contribution is -0.137. The smallest absolute Gasteiger partial charge is 0.417 e. The first-order valence-corrected chi connectivity index (χ1v) is 13.2. The molecule has 0 spiro atoms. The SMILES string of the molecule is O=C(Nc1ccc(Oc2ccnc(C(=O)NNC(=O)c3ccc4ccccc4c3)c2)cc1)Nc1ccc(Cl)c(C(F)(F)F)c1. The van der Waals surface area contributed by atoms with Gasteiger partial charge in [-0.15, -0.1) is 0 Å². The fourth-order valence-corrected chi connectivity index (χ4v) is 4.26. The van der Waals surface area contributed by atoms with Crippen molar-refractivity contribution in [1.82, 2.24) is 15.8 Å². The molecule has 9 nitrogen and oxygen atoms in total. The van der Waals surface area contributed by atoms with E-state index >= 15 is 0 Å². The van der Waals surface area contributed by atoms with Gasteiger partial charge in [-0.2, -0.15) is 13.2 Å². The number of halogens is 4. The highest BCUT2D eigenvalue weighted by molar-refractivity contribution is 6.31. The van der Waals surface area contributed by atoms with Gasteiger partial charge in [0.05, 0.1) is 10.6 Å². The highest BCUT2D eigenvalue weighted by Gasteiger charge is 2.33. The van der Waals surface area contributed by atoms with Crippen LogP contribution in [-0.4, -0.2) is 22.8 Å². The fraction of sp³-hybridized carbons (Fsp3) is 0.0323. The van der Waals surface area contributed by atoms with Crippen LogP contribution in [0.25, 0.3) is 10.8 Å². The predicted molar refractivity (Wildman–Crippen MR) is 159 cm³/mol. The third-order valence-corrected chi connectivity index (χ3v) is 6.47. The molecule has 0 aliphatic heterocycles. The zero-order valence-corrected chi connectivity index (χ0v) is 23.2. The Morgan fingerprint density at radius 2 is 1.39 bits per heavy atom. The zero-order valence-electron chi connectivity index (χ0n) is 22.4. The lowest BCUT2D eigenvalue weighted by Gasteiger charge is -2.13. The van der Waals surface area contributed by atoms with Crippen molar-refractivity contribution in [2.75, 3.05) is 10.6 Å². The Balaban J connectivity index is 1.15. The molecule has 0 unspecified atom stereocenters. The second-order valence-electron chi connectivity index (χ2n) is 9.24. The number of carbonyl (C=O) groups is 3. The predicted octanol–water partition coefficient (Wildman–Crippen LogP) is 7.42. The summed E-state index contributed by atoms with van der Waals surface area (Å²) in [6, 6.07) is 24.0. The number of amides is 4. The van der Waals surface area contributed by atoms with Crippen LogP contribution in [0.1, 0.15) is 26.4 Å². The number of alkyl halides is 3. The highest BCUT2D eigenvalue weighted by Crippen LogP contribution is 2.36. The van der Waals surface area contributed by atoms with Crippen LogP contribution < -0.4 is 26.2 Å². The monoisotopic (exact) mass is 619 g/mol. The van der Waals surface area contributed by atoms with E-state index < -0.39 is 34.6 Å². The van der Waals surface area contributed by atoms with E-state index in [1.54, 1.807) is 12.1 Å². The van der Waals surface area contributed by atoms with Crippen molar-refractivity contribution >= 4 is 51.6 Å². The molecular weight excluding hydrogens is 599 g/mol. The molecule has 0 fully saturated rings. The van der Waals surface area contributed by atoms with Crippen molar-refractivity contribution in [2.45, 2.75) is 6.18 Å². The Labute approximate surface area is 253 Å². The number of rotatable bonds is 6. The minimum Gasteiger partial charge on any atom is -0.457 e. The van der Waals surface area contributed by atoms with Gasteiger partial charge in [0.25, 0.3) is 11.8 Å². The van der Waals surface area contributed by atoms with Gasteiger partial charge in [-0.3, -0.25) is 25.4 Å². The summed E-state index contributed by atoms with van der Waals surface area (Å²) in [4.78, 5) is 41.4. The second-order valence-corrected chi connectivity index (χ2v) is 9.65. The van der Waals surface area contributed by atoms with Gasteiger partial charge in [0.1, 0.15) is 17.2 Å². The maximum atomic E-state index is 13.1.